The molecule has 6 heteroatoms. The Kier molecular flexibility index (Phi) is 4.49. The number of hydrogen-bond donors (Lipinski definition) is 0. The van der Waals surface area contributed by atoms with Crippen LogP contribution in [0, 0.1) is 12.8 Å². The molecule has 1 aromatic carbocycles. The molecule has 2 bridgehead atoms. The molecule has 0 aliphatic carbocycles. The Morgan fingerprint density at radius 1 is 1.15 bits per heavy atom. The Hall–Kier alpha value is -2.63. The van der Waals surface area contributed by atoms with Crippen molar-refractivity contribution in [1.29, 1.82) is 0 Å². The summed E-state index contributed by atoms with van der Waals surface area (Å²) >= 11 is 0. The van der Waals surface area contributed by atoms with Crippen LogP contribution in [0.2, 0.25) is 0 Å². The molecule has 4 heterocycles. The van der Waals surface area contributed by atoms with Gasteiger partial charge in [-0.1, -0.05) is 23.4 Å². The van der Waals surface area contributed by atoms with Crippen molar-refractivity contribution in [3.63, 3.8) is 0 Å². The number of rotatable bonds is 3. The van der Waals surface area contributed by atoms with Gasteiger partial charge in [-0.25, -0.2) is 0 Å². The minimum Gasteiger partial charge on any atom is -0.361 e. The largest absolute Gasteiger partial charge is 0.361 e. The minimum absolute atomic E-state index is 0.0580. The molecule has 0 N–H and O–H groups in total. The third-order valence-electron chi connectivity index (χ3n) is 5.34. The summed E-state index contributed by atoms with van der Waals surface area (Å²) in [6.07, 6.45) is 2.25. The van der Waals surface area contributed by atoms with Gasteiger partial charge in [0.1, 0.15) is 5.76 Å². The van der Waals surface area contributed by atoms with Crippen molar-refractivity contribution < 1.29 is 14.1 Å². The zero-order valence-electron chi connectivity index (χ0n) is 14.9. The molecule has 26 heavy (non-hydrogen) atoms. The van der Waals surface area contributed by atoms with E-state index in [4.69, 9.17) is 4.52 Å². The first-order chi connectivity index (χ1) is 12.6. The number of aromatic nitrogens is 1. The van der Waals surface area contributed by atoms with Crippen LogP contribution in [0.1, 0.15) is 34.7 Å². The number of fused-ring (bicyclic) bond motifs is 4. The van der Waals surface area contributed by atoms with Gasteiger partial charge in [0, 0.05) is 37.3 Å². The Morgan fingerprint density at radius 3 is 2.69 bits per heavy atom. The Morgan fingerprint density at radius 2 is 1.96 bits per heavy atom. The lowest BCUT2D eigenvalue weighted by atomic mass is 9.94. The molecule has 2 aromatic rings. The number of nitrogens with zero attached hydrogens (tertiary/aromatic N) is 3. The number of carbonyl (C=O) groups excluding carboxylic acids is 2. The van der Waals surface area contributed by atoms with E-state index in [1.165, 1.54) is 0 Å². The van der Waals surface area contributed by atoms with Crippen LogP contribution in [0.5, 0.6) is 0 Å². The topological polar surface area (TPSA) is 66.7 Å². The first kappa shape index (κ1) is 16.8. The van der Waals surface area contributed by atoms with E-state index in [0.717, 1.165) is 31.6 Å². The van der Waals surface area contributed by atoms with E-state index < -0.39 is 0 Å². The highest BCUT2D eigenvalue weighted by Crippen LogP contribution is 2.29. The summed E-state index contributed by atoms with van der Waals surface area (Å²) in [6.45, 7) is 3.88. The highest BCUT2D eigenvalue weighted by atomic mass is 16.5. The number of amides is 2. The molecule has 0 radical (unpaired) electrons. The summed E-state index contributed by atoms with van der Waals surface area (Å²) in [6, 6.07) is 11.3. The molecule has 2 atom stereocenters. The van der Waals surface area contributed by atoms with E-state index in [1.807, 2.05) is 47.1 Å². The second kappa shape index (κ2) is 6.94. The summed E-state index contributed by atoms with van der Waals surface area (Å²) in [5, 5.41) is 3.85. The van der Waals surface area contributed by atoms with Crippen molar-refractivity contribution in [3.05, 3.63) is 53.4 Å². The molecule has 2 amide bonds. The lowest BCUT2D eigenvalue weighted by Crippen LogP contribution is -2.48. The number of hydrogen-bond acceptors (Lipinski definition) is 4. The van der Waals surface area contributed by atoms with E-state index in [9.17, 15) is 9.59 Å². The SMILES string of the molecule is Cc1cc(CC(=O)N2C[C@H]3CC[C@@H]2CN(C(=O)c2ccccc2)C3)on1. The molecule has 5 rings (SSSR count). The molecule has 0 unspecified atom stereocenters. The Bertz CT molecular complexity index is 802. The highest BCUT2D eigenvalue weighted by Gasteiger charge is 2.38. The summed E-state index contributed by atoms with van der Waals surface area (Å²) in [4.78, 5) is 29.5. The van der Waals surface area contributed by atoms with Gasteiger partial charge < -0.3 is 14.3 Å². The van der Waals surface area contributed by atoms with E-state index in [-0.39, 0.29) is 24.3 Å². The van der Waals surface area contributed by atoms with Crippen molar-refractivity contribution in [2.24, 2.45) is 5.92 Å². The molecule has 0 saturated carbocycles. The average Bonchev–Trinajstić information content (AvgIpc) is 2.86. The number of aryl methyl sites for hydroxylation is 1. The summed E-state index contributed by atoms with van der Waals surface area (Å²) in [5.41, 5.74) is 1.49. The first-order valence-corrected chi connectivity index (χ1v) is 9.16. The molecule has 3 saturated heterocycles. The molecular weight excluding hydrogens is 330 g/mol. The maximum atomic E-state index is 12.8. The van der Waals surface area contributed by atoms with E-state index >= 15 is 0 Å². The van der Waals surface area contributed by atoms with Gasteiger partial charge >= 0.3 is 0 Å². The minimum atomic E-state index is 0.0580. The van der Waals surface area contributed by atoms with Gasteiger partial charge in [0.25, 0.3) is 5.91 Å². The molecule has 136 valence electrons. The lowest BCUT2D eigenvalue weighted by Gasteiger charge is -2.36. The van der Waals surface area contributed by atoms with Gasteiger partial charge in [0.15, 0.2) is 0 Å². The smallest absolute Gasteiger partial charge is 0.253 e. The van der Waals surface area contributed by atoms with Crippen LogP contribution in [0.25, 0.3) is 0 Å². The summed E-state index contributed by atoms with van der Waals surface area (Å²) in [5.74, 6) is 1.05. The van der Waals surface area contributed by atoms with Gasteiger partial charge in [-0.2, -0.15) is 0 Å². The van der Waals surface area contributed by atoms with E-state index in [1.54, 1.807) is 6.07 Å². The third kappa shape index (κ3) is 3.36. The molecule has 1 aromatic heterocycles. The fourth-order valence-electron chi connectivity index (χ4n) is 4.07. The van der Waals surface area contributed by atoms with E-state index in [0.29, 0.717) is 23.8 Å². The normalized spacial score (nSPS) is 22.3. The van der Waals surface area contributed by atoms with Crippen molar-refractivity contribution >= 4 is 11.8 Å². The van der Waals surface area contributed by atoms with Crippen molar-refractivity contribution in [1.82, 2.24) is 15.0 Å². The molecule has 3 aliphatic heterocycles. The van der Waals surface area contributed by atoms with Crippen LogP contribution in [0.4, 0.5) is 0 Å². The second-order valence-corrected chi connectivity index (χ2v) is 7.33. The maximum Gasteiger partial charge on any atom is 0.253 e. The van der Waals surface area contributed by atoms with Gasteiger partial charge in [-0.15, -0.1) is 0 Å². The predicted molar refractivity (Wildman–Crippen MR) is 95.5 cm³/mol. The predicted octanol–water partition coefficient (Wildman–Crippen LogP) is 2.29. The van der Waals surface area contributed by atoms with Gasteiger partial charge in [0.05, 0.1) is 12.1 Å². The van der Waals surface area contributed by atoms with Gasteiger partial charge in [0.2, 0.25) is 5.91 Å². The van der Waals surface area contributed by atoms with Gasteiger partial charge in [-0.3, -0.25) is 9.59 Å². The molecule has 6 nitrogen and oxygen atoms in total. The first-order valence-electron chi connectivity index (χ1n) is 9.16. The highest BCUT2D eigenvalue weighted by molar-refractivity contribution is 5.94. The average molecular weight is 353 g/mol. The monoisotopic (exact) mass is 353 g/mol. The Balaban J connectivity index is 1.48. The second-order valence-electron chi connectivity index (χ2n) is 7.33. The zero-order chi connectivity index (χ0) is 18.1. The standard InChI is InChI=1S/C20H23N3O3/c1-14-9-18(26-21-14)10-19(24)23-12-15-7-8-17(23)13-22(11-15)20(25)16-5-3-2-4-6-16/h2-6,9,15,17H,7-8,10-13H2,1H3/t15-,17+/m0/s1. The Labute approximate surface area is 152 Å². The molecule has 3 aliphatic rings. The maximum absolute atomic E-state index is 12.8. The fourth-order valence-corrected chi connectivity index (χ4v) is 4.07. The number of carbonyl (C=O) groups is 2. The summed E-state index contributed by atoms with van der Waals surface area (Å²) in [7, 11) is 0. The van der Waals surface area contributed by atoms with Crippen molar-refractivity contribution in [2.75, 3.05) is 19.6 Å². The summed E-state index contributed by atoms with van der Waals surface area (Å²) < 4.78 is 5.19. The van der Waals surface area contributed by atoms with Crippen molar-refractivity contribution in [3.8, 4) is 0 Å². The fraction of sp³-hybridized carbons (Fsp3) is 0.450. The lowest BCUT2D eigenvalue weighted by molar-refractivity contribution is -0.134. The van der Waals surface area contributed by atoms with Crippen LogP contribution >= 0.6 is 0 Å². The van der Waals surface area contributed by atoms with Crippen LogP contribution in [0.3, 0.4) is 0 Å². The van der Waals surface area contributed by atoms with Crippen LogP contribution < -0.4 is 0 Å². The van der Waals surface area contributed by atoms with E-state index in [2.05, 4.69) is 5.16 Å². The third-order valence-corrected chi connectivity index (χ3v) is 5.34. The van der Waals surface area contributed by atoms with Crippen LogP contribution in [-0.4, -0.2) is 52.4 Å². The quantitative estimate of drug-likeness (QED) is 0.849. The van der Waals surface area contributed by atoms with Gasteiger partial charge in [-0.05, 0) is 37.8 Å². The number of benzene rings is 1. The van der Waals surface area contributed by atoms with Crippen molar-refractivity contribution in [2.45, 2.75) is 32.2 Å². The molecule has 0 spiro atoms. The zero-order valence-corrected chi connectivity index (χ0v) is 14.9. The number of piperidine rings is 1. The van der Waals surface area contributed by atoms with Crippen LogP contribution in [0.15, 0.2) is 40.9 Å². The molecular formula is C20H23N3O3. The van der Waals surface area contributed by atoms with Crippen LogP contribution in [-0.2, 0) is 11.2 Å². The molecule has 3 fully saturated rings.